The highest BCUT2D eigenvalue weighted by Gasteiger charge is 2.22. The number of carboxylic acid groups (broad SMARTS) is 1. The minimum Gasteiger partial charge on any atom is -0.493 e. The van der Waals surface area contributed by atoms with Crippen LogP contribution in [0.3, 0.4) is 0 Å². The van der Waals surface area contributed by atoms with Crippen LogP contribution in [0.25, 0.3) is 0 Å². The number of carbonyl (C=O) groups is 1. The molecule has 1 unspecified atom stereocenters. The number of nitrogen functional groups attached to an aromatic ring is 1. The van der Waals surface area contributed by atoms with Crippen LogP contribution < -0.4 is 20.6 Å². The molecule has 0 bridgehead atoms. The van der Waals surface area contributed by atoms with Gasteiger partial charge >= 0.3 is 5.97 Å². The van der Waals surface area contributed by atoms with Gasteiger partial charge in [-0.3, -0.25) is 15.5 Å². The fourth-order valence-electron chi connectivity index (χ4n) is 1.81. The van der Waals surface area contributed by atoms with Crippen LogP contribution in [-0.4, -0.2) is 40.4 Å². The molecule has 1 atom stereocenters. The fourth-order valence-corrected chi connectivity index (χ4v) is 2.36. The average molecular weight is 381 g/mol. The predicted octanol–water partition coefficient (Wildman–Crippen LogP) is 1.94. The lowest BCUT2D eigenvalue weighted by atomic mass is 10.1. The van der Waals surface area contributed by atoms with Gasteiger partial charge in [-0.05, 0) is 6.92 Å². The lowest BCUT2D eigenvalue weighted by Gasteiger charge is -2.15. The Balaban J connectivity index is 2.39. The summed E-state index contributed by atoms with van der Waals surface area (Å²) in [7, 11) is 1.29. The Morgan fingerprint density at radius 1 is 1.58 bits per heavy atom. The van der Waals surface area contributed by atoms with Crippen LogP contribution in [0.2, 0.25) is 0 Å². The van der Waals surface area contributed by atoms with Crippen LogP contribution in [0.1, 0.15) is 12.5 Å². The van der Waals surface area contributed by atoms with Crippen molar-refractivity contribution in [3.63, 3.8) is 0 Å². The van der Waals surface area contributed by atoms with E-state index in [9.17, 15) is 14.9 Å². The highest BCUT2D eigenvalue weighted by molar-refractivity contribution is 7.14. The number of nitrogens with zero attached hydrogens (tertiary/aromatic N) is 3. The summed E-state index contributed by atoms with van der Waals surface area (Å²) < 4.78 is 10.5. The number of hydrazone groups is 1. The minimum absolute atomic E-state index is 0.00671. The number of nitro benzene ring substituents is 1. The van der Waals surface area contributed by atoms with Crippen LogP contribution in [0.4, 0.5) is 16.6 Å². The first-order valence-electron chi connectivity index (χ1n) is 7.07. The summed E-state index contributed by atoms with van der Waals surface area (Å²) in [6.45, 7) is 1.32. The van der Waals surface area contributed by atoms with E-state index in [1.54, 1.807) is 5.38 Å². The Labute approximate surface area is 151 Å². The Morgan fingerprint density at radius 2 is 2.31 bits per heavy atom. The number of methoxy groups -OCH3 is 1. The number of anilines is 2. The molecule has 1 aromatic carbocycles. The second-order valence-corrected chi connectivity index (χ2v) is 5.73. The fraction of sp³-hybridized carbons (Fsp3) is 0.214. The Bertz CT molecular complexity index is 852. The first-order chi connectivity index (χ1) is 12.3. The third-order valence-corrected chi connectivity index (χ3v) is 3.79. The van der Waals surface area contributed by atoms with Gasteiger partial charge in [0.15, 0.2) is 17.6 Å². The van der Waals surface area contributed by atoms with Gasteiger partial charge in [-0.15, -0.1) is 11.3 Å². The monoisotopic (exact) mass is 381 g/mol. The molecule has 4 N–H and O–H groups in total. The molecule has 11 nitrogen and oxygen atoms in total. The van der Waals surface area contributed by atoms with Gasteiger partial charge in [0.2, 0.25) is 5.13 Å². The SMILES string of the molecule is COc1cc([N+](=O)[O-])cc(C=NNc2nc(N)cs2)c1OC(C)C(=O)O. The molecule has 26 heavy (non-hydrogen) atoms. The van der Waals surface area contributed by atoms with E-state index in [0.29, 0.717) is 10.9 Å². The molecule has 2 aromatic rings. The maximum atomic E-state index is 11.1. The standard InChI is InChI=1S/C14H15N5O6S/c1-7(13(20)21)25-12-8(3-9(19(22)23)4-10(12)24-2)5-16-18-14-17-11(15)6-26-14/h3-7H,15H2,1-2H3,(H,17,18)(H,20,21). The van der Waals surface area contributed by atoms with E-state index in [1.165, 1.54) is 37.7 Å². The molecule has 12 heteroatoms. The molecular weight excluding hydrogens is 366 g/mol. The van der Waals surface area contributed by atoms with Crippen LogP contribution in [0.5, 0.6) is 11.5 Å². The van der Waals surface area contributed by atoms with Gasteiger partial charge in [-0.2, -0.15) is 5.10 Å². The number of aliphatic carboxylic acids is 1. The topological polar surface area (TPSA) is 162 Å². The van der Waals surface area contributed by atoms with Crippen molar-refractivity contribution in [1.29, 1.82) is 0 Å². The quantitative estimate of drug-likeness (QED) is 0.352. The molecule has 0 amide bonds. The summed E-state index contributed by atoms with van der Waals surface area (Å²) >= 11 is 1.22. The Hall–Kier alpha value is -3.41. The summed E-state index contributed by atoms with van der Waals surface area (Å²) in [6.07, 6.45) is 0.0287. The van der Waals surface area contributed by atoms with Gasteiger partial charge in [0, 0.05) is 17.0 Å². The predicted molar refractivity (Wildman–Crippen MR) is 95.1 cm³/mol. The largest absolute Gasteiger partial charge is 0.493 e. The first-order valence-corrected chi connectivity index (χ1v) is 7.95. The number of thiazole rings is 1. The lowest BCUT2D eigenvalue weighted by Crippen LogP contribution is -2.23. The van der Waals surface area contributed by atoms with Crippen LogP contribution in [0.15, 0.2) is 22.6 Å². The number of nitrogens with one attached hydrogen (secondary N) is 1. The van der Waals surface area contributed by atoms with E-state index in [-0.39, 0.29) is 22.7 Å². The Kier molecular flexibility index (Phi) is 5.90. The zero-order chi connectivity index (χ0) is 19.3. The normalized spacial score (nSPS) is 11.9. The molecule has 1 aromatic heterocycles. The number of benzene rings is 1. The molecule has 0 aliphatic rings. The van der Waals surface area contributed by atoms with E-state index in [1.807, 2.05) is 0 Å². The summed E-state index contributed by atoms with van der Waals surface area (Å²) in [4.78, 5) is 25.5. The summed E-state index contributed by atoms with van der Waals surface area (Å²) in [5.74, 6) is -0.863. The first kappa shape index (κ1) is 18.9. The van der Waals surface area contributed by atoms with E-state index >= 15 is 0 Å². The van der Waals surface area contributed by atoms with E-state index < -0.39 is 17.0 Å². The van der Waals surface area contributed by atoms with Gasteiger partial charge in [0.1, 0.15) is 5.82 Å². The zero-order valence-corrected chi connectivity index (χ0v) is 14.5. The number of aromatic nitrogens is 1. The zero-order valence-electron chi connectivity index (χ0n) is 13.7. The number of hydrogen-bond donors (Lipinski definition) is 3. The van der Waals surface area contributed by atoms with Crippen molar-refractivity contribution in [2.45, 2.75) is 13.0 Å². The highest BCUT2D eigenvalue weighted by Crippen LogP contribution is 2.35. The molecule has 2 rings (SSSR count). The minimum atomic E-state index is -1.20. The van der Waals surface area contributed by atoms with E-state index in [4.69, 9.17) is 20.3 Å². The molecule has 0 radical (unpaired) electrons. The molecule has 0 aliphatic carbocycles. The highest BCUT2D eigenvalue weighted by atomic mass is 32.1. The van der Waals surface area contributed by atoms with Crippen molar-refractivity contribution < 1.29 is 24.3 Å². The molecule has 0 spiro atoms. The number of nitro groups is 1. The summed E-state index contributed by atoms with van der Waals surface area (Å²) in [5, 5.41) is 26.1. The second-order valence-electron chi connectivity index (χ2n) is 4.87. The van der Waals surface area contributed by atoms with Crippen molar-refractivity contribution in [3.05, 3.63) is 33.2 Å². The van der Waals surface area contributed by atoms with Gasteiger partial charge < -0.3 is 20.3 Å². The number of hydrogen-bond acceptors (Lipinski definition) is 10. The number of carboxylic acids is 1. The molecule has 0 fully saturated rings. The van der Waals surface area contributed by atoms with Crippen molar-refractivity contribution in [2.24, 2.45) is 5.10 Å². The Morgan fingerprint density at radius 3 is 2.85 bits per heavy atom. The maximum Gasteiger partial charge on any atom is 0.344 e. The van der Waals surface area contributed by atoms with Gasteiger partial charge in [-0.1, -0.05) is 0 Å². The molecular formula is C14H15N5O6S. The van der Waals surface area contributed by atoms with Crippen LogP contribution in [-0.2, 0) is 4.79 Å². The number of nitrogens with two attached hydrogens (primary N) is 1. The molecule has 1 heterocycles. The van der Waals surface area contributed by atoms with Crippen molar-refractivity contribution in [3.8, 4) is 11.5 Å². The molecule has 138 valence electrons. The lowest BCUT2D eigenvalue weighted by molar-refractivity contribution is -0.385. The summed E-state index contributed by atoms with van der Waals surface area (Å²) in [5.41, 5.74) is 8.01. The smallest absolute Gasteiger partial charge is 0.344 e. The van der Waals surface area contributed by atoms with Crippen molar-refractivity contribution in [2.75, 3.05) is 18.3 Å². The van der Waals surface area contributed by atoms with Crippen molar-refractivity contribution >= 4 is 40.2 Å². The molecule has 0 aliphatic heterocycles. The van der Waals surface area contributed by atoms with E-state index in [0.717, 1.165) is 6.07 Å². The van der Waals surface area contributed by atoms with Gasteiger partial charge in [0.05, 0.1) is 24.3 Å². The van der Waals surface area contributed by atoms with Gasteiger partial charge in [-0.25, -0.2) is 9.78 Å². The molecule has 0 saturated heterocycles. The number of non-ortho nitro benzene ring substituents is 1. The molecule has 0 saturated carbocycles. The third kappa shape index (κ3) is 4.57. The number of ether oxygens (including phenoxy) is 2. The number of rotatable bonds is 8. The van der Waals surface area contributed by atoms with Gasteiger partial charge in [0.25, 0.3) is 5.69 Å². The van der Waals surface area contributed by atoms with E-state index in [2.05, 4.69) is 15.5 Å². The van der Waals surface area contributed by atoms with Crippen LogP contribution in [0, 0.1) is 10.1 Å². The maximum absolute atomic E-state index is 11.1. The van der Waals surface area contributed by atoms with Crippen LogP contribution >= 0.6 is 11.3 Å². The van der Waals surface area contributed by atoms with Crippen molar-refractivity contribution in [1.82, 2.24) is 4.98 Å². The third-order valence-electron chi connectivity index (χ3n) is 3.03. The second kappa shape index (κ2) is 8.11. The summed E-state index contributed by atoms with van der Waals surface area (Å²) in [6, 6.07) is 2.32. The average Bonchev–Trinajstić information content (AvgIpc) is 3.00.